The van der Waals surface area contributed by atoms with Crippen molar-refractivity contribution in [1.29, 1.82) is 0 Å². The maximum atomic E-state index is 4.24. The first-order valence-corrected chi connectivity index (χ1v) is 7.45. The molecule has 0 saturated carbocycles. The summed E-state index contributed by atoms with van der Waals surface area (Å²) in [5.41, 5.74) is 1.96. The Kier molecular flexibility index (Phi) is 3.40. The van der Waals surface area contributed by atoms with E-state index < -0.39 is 0 Å². The fraction of sp³-hybridized carbons (Fsp3) is 0.333. The summed E-state index contributed by atoms with van der Waals surface area (Å²) in [7, 11) is 0. The summed E-state index contributed by atoms with van der Waals surface area (Å²) >= 11 is 0. The van der Waals surface area contributed by atoms with Gasteiger partial charge in [-0.05, 0) is 18.6 Å². The lowest BCUT2D eigenvalue weighted by molar-refractivity contribution is 0.356. The van der Waals surface area contributed by atoms with Gasteiger partial charge < -0.3 is 5.32 Å². The predicted molar refractivity (Wildman–Crippen MR) is 80.3 cm³/mol. The van der Waals surface area contributed by atoms with Crippen molar-refractivity contribution in [2.24, 2.45) is 0 Å². The minimum atomic E-state index is 0.399. The van der Waals surface area contributed by atoms with Gasteiger partial charge in [0.05, 0.1) is 24.1 Å². The maximum absolute atomic E-state index is 4.24. The second-order valence-electron chi connectivity index (χ2n) is 5.46. The van der Waals surface area contributed by atoms with Crippen LogP contribution in [-0.4, -0.2) is 35.8 Å². The Bertz CT molecular complexity index is 746. The van der Waals surface area contributed by atoms with Crippen LogP contribution in [0, 0.1) is 0 Å². The summed E-state index contributed by atoms with van der Waals surface area (Å²) in [6.07, 6.45) is 5.63. The zero-order chi connectivity index (χ0) is 14.8. The third-order valence-corrected chi connectivity index (χ3v) is 3.94. The fourth-order valence-electron chi connectivity index (χ4n) is 2.74. The number of benzene rings is 1. The third-order valence-electron chi connectivity index (χ3n) is 3.94. The molecule has 4 rings (SSSR count). The Hall–Kier alpha value is -2.54. The highest BCUT2D eigenvalue weighted by Gasteiger charge is 2.19. The van der Waals surface area contributed by atoms with Crippen LogP contribution in [0.3, 0.4) is 0 Å². The van der Waals surface area contributed by atoms with Crippen LogP contribution in [-0.2, 0) is 19.5 Å². The van der Waals surface area contributed by atoms with E-state index in [2.05, 4.69) is 25.7 Å². The smallest absolute Gasteiger partial charge is 0.138 e. The monoisotopic (exact) mass is 295 g/mol. The second-order valence-corrected chi connectivity index (χ2v) is 5.46. The highest BCUT2D eigenvalue weighted by Crippen LogP contribution is 2.12. The SMILES string of the molecule is c1ccc(-n2cc(CNC3CCc4ncnn4C3)nn2)cc1. The van der Waals surface area contributed by atoms with E-state index in [0.29, 0.717) is 12.6 Å². The normalized spacial score (nSPS) is 17.4. The number of nitrogens with one attached hydrogen (secondary N) is 1. The Morgan fingerprint density at radius 1 is 1.23 bits per heavy atom. The van der Waals surface area contributed by atoms with Crippen LogP contribution in [0.1, 0.15) is 17.9 Å². The van der Waals surface area contributed by atoms with Crippen LogP contribution in [0.25, 0.3) is 5.69 Å². The lowest BCUT2D eigenvalue weighted by atomic mass is 10.1. The Labute approximate surface area is 128 Å². The van der Waals surface area contributed by atoms with E-state index in [4.69, 9.17) is 0 Å². The molecule has 2 aromatic heterocycles. The van der Waals surface area contributed by atoms with E-state index in [1.165, 1.54) is 0 Å². The standard InChI is InChI=1S/C15H17N7/c1-2-4-14(5-3-1)21-10-13(19-20-21)8-16-12-6-7-15-17-11-18-22(15)9-12/h1-5,10-12,16H,6-9H2. The number of rotatable bonds is 4. The van der Waals surface area contributed by atoms with Crippen molar-refractivity contribution in [1.82, 2.24) is 35.1 Å². The summed E-state index contributed by atoms with van der Waals surface area (Å²) in [4.78, 5) is 4.24. The molecule has 0 saturated heterocycles. The number of aryl methyl sites for hydroxylation is 1. The van der Waals surface area contributed by atoms with Crippen LogP contribution < -0.4 is 5.32 Å². The highest BCUT2D eigenvalue weighted by molar-refractivity contribution is 5.29. The van der Waals surface area contributed by atoms with Gasteiger partial charge in [0.15, 0.2) is 0 Å². The molecule has 1 N–H and O–H groups in total. The molecule has 1 aliphatic rings. The number of fused-ring (bicyclic) bond motifs is 1. The molecule has 112 valence electrons. The minimum absolute atomic E-state index is 0.399. The number of hydrogen-bond donors (Lipinski definition) is 1. The number of para-hydroxylation sites is 1. The number of aromatic nitrogens is 6. The molecule has 7 nitrogen and oxygen atoms in total. The molecular weight excluding hydrogens is 278 g/mol. The topological polar surface area (TPSA) is 73.5 Å². The molecule has 0 bridgehead atoms. The first-order chi connectivity index (χ1) is 10.9. The summed E-state index contributed by atoms with van der Waals surface area (Å²) in [6.45, 7) is 1.57. The number of hydrogen-bond acceptors (Lipinski definition) is 5. The molecule has 0 radical (unpaired) electrons. The molecule has 1 unspecified atom stereocenters. The highest BCUT2D eigenvalue weighted by atomic mass is 15.4. The van der Waals surface area contributed by atoms with Crippen molar-refractivity contribution in [3.8, 4) is 5.69 Å². The van der Waals surface area contributed by atoms with Gasteiger partial charge >= 0.3 is 0 Å². The van der Waals surface area contributed by atoms with E-state index in [9.17, 15) is 0 Å². The molecule has 1 aliphatic heterocycles. The zero-order valence-corrected chi connectivity index (χ0v) is 12.1. The van der Waals surface area contributed by atoms with Gasteiger partial charge in [-0.3, -0.25) is 0 Å². The molecule has 0 aliphatic carbocycles. The van der Waals surface area contributed by atoms with Gasteiger partial charge in [-0.2, -0.15) is 5.10 Å². The molecule has 3 heterocycles. The molecule has 0 spiro atoms. The van der Waals surface area contributed by atoms with Crippen LogP contribution in [0.4, 0.5) is 0 Å². The van der Waals surface area contributed by atoms with E-state index >= 15 is 0 Å². The van der Waals surface area contributed by atoms with Crippen molar-refractivity contribution in [3.05, 3.63) is 54.4 Å². The summed E-state index contributed by atoms with van der Waals surface area (Å²) in [6, 6.07) is 10.4. The molecule has 7 heteroatoms. The van der Waals surface area contributed by atoms with Gasteiger partial charge in [0.1, 0.15) is 12.2 Å². The zero-order valence-electron chi connectivity index (χ0n) is 12.1. The number of nitrogens with zero attached hydrogens (tertiary/aromatic N) is 6. The molecule has 1 atom stereocenters. The Balaban J connectivity index is 1.38. The van der Waals surface area contributed by atoms with Crippen LogP contribution in [0.5, 0.6) is 0 Å². The van der Waals surface area contributed by atoms with E-state index in [-0.39, 0.29) is 0 Å². The third kappa shape index (κ3) is 2.62. The van der Waals surface area contributed by atoms with Gasteiger partial charge in [0.2, 0.25) is 0 Å². The van der Waals surface area contributed by atoms with Crippen LogP contribution in [0.15, 0.2) is 42.9 Å². The minimum Gasteiger partial charge on any atom is -0.306 e. The average Bonchev–Trinajstić information content (AvgIpc) is 3.22. The largest absolute Gasteiger partial charge is 0.306 e. The van der Waals surface area contributed by atoms with Crippen molar-refractivity contribution in [2.45, 2.75) is 32.0 Å². The fourth-order valence-corrected chi connectivity index (χ4v) is 2.74. The molecule has 22 heavy (non-hydrogen) atoms. The quantitative estimate of drug-likeness (QED) is 0.776. The molecule has 0 amide bonds. The second kappa shape index (κ2) is 5.69. The van der Waals surface area contributed by atoms with Gasteiger partial charge in [-0.15, -0.1) is 5.10 Å². The molecule has 1 aromatic carbocycles. The average molecular weight is 295 g/mol. The van der Waals surface area contributed by atoms with E-state index in [0.717, 1.165) is 36.6 Å². The van der Waals surface area contributed by atoms with Crippen LogP contribution in [0.2, 0.25) is 0 Å². The summed E-state index contributed by atoms with van der Waals surface area (Å²) < 4.78 is 3.77. The van der Waals surface area contributed by atoms with Gasteiger partial charge in [0, 0.05) is 19.0 Å². The first-order valence-electron chi connectivity index (χ1n) is 7.45. The summed E-state index contributed by atoms with van der Waals surface area (Å²) in [5.74, 6) is 1.08. The van der Waals surface area contributed by atoms with Gasteiger partial charge in [-0.25, -0.2) is 14.3 Å². The molecule has 3 aromatic rings. The lowest BCUT2D eigenvalue weighted by Crippen LogP contribution is -2.37. The summed E-state index contributed by atoms with van der Waals surface area (Å²) in [5, 5.41) is 16.2. The van der Waals surface area contributed by atoms with Crippen LogP contribution >= 0.6 is 0 Å². The molecular formula is C15H17N7. The van der Waals surface area contributed by atoms with E-state index in [1.54, 1.807) is 11.0 Å². The van der Waals surface area contributed by atoms with Crippen molar-refractivity contribution < 1.29 is 0 Å². The van der Waals surface area contributed by atoms with Crippen molar-refractivity contribution >= 4 is 0 Å². The Morgan fingerprint density at radius 3 is 3.05 bits per heavy atom. The molecule has 0 fully saturated rings. The van der Waals surface area contributed by atoms with Gasteiger partial charge in [-0.1, -0.05) is 23.4 Å². The van der Waals surface area contributed by atoms with Crippen molar-refractivity contribution in [3.63, 3.8) is 0 Å². The van der Waals surface area contributed by atoms with Crippen molar-refractivity contribution in [2.75, 3.05) is 0 Å². The van der Waals surface area contributed by atoms with Gasteiger partial charge in [0.25, 0.3) is 0 Å². The predicted octanol–water partition coefficient (Wildman–Crippen LogP) is 0.963. The first kappa shape index (κ1) is 13.1. The lowest BCUT2D eigenvalue weighted by Gasteiger charge is -2.23. The Morgan fingerprint density at radius 2 is 2.14 bits per heavy atom. The maximum Gasteiger partial charge on any atom is 0.138 e. The van der Waals surface area contributed by atoms with E-state index in [1.807, 2.05) is 41.2 Å².